The molecule has 0 saturated carbocycles. The number of benzene rings is 1. The molecule has 9 heteroatoms. The summed E-state index contributed by atoms with van der Waals surface area (Å²) in [6, 6.07) is 7.73. The number of nitrogens with zero attached hydrogens (tertiary/aromatic N) is 2. The number of thiophene rings is 1. The first-order valence-corrected chi connectivity index (χ1v) is 9.12. The van der Waals surface area contributed by atoms with Crippen molar-refractivity contribution in [2.24, 2.45) is 0 Å². The van der Waals surface area contributed by atoms with Gasteiger partial charge in [-0.25, -0.2) is 0 Å². The Kier molecular flexibility index (Phi) is 5.47. The molecule has 8 nitrogen and oxygen atoms in total. The van der Waals surface area contributed by atoms with Gasteiger partial charge in [-0.3, -0.25) is 30.6 Å². The van der Waals surface area contributed by atoms with Gasteiger partial charge in [-0.1, -0.05) is 6.07 Å². The normalized spacial score (nSPS) is 13.9. The van der Waals surface area contributed by atoms with Crippen LogP contribution in [0.25, 0.3) is 0 Å². The summed E-state index contributed by atoms with van der Waals surface area (Å²) in [6.45, 7) is 1.53. The highest BCUT2D eigenvalue weighted by Crippen LogP contribution is 2.31. The minimum atomic E-state index is -0.608. The number of rotatable bonds is 4. The van der Waals surface area contributed by atoms with E-state index in [1.165, 1.54) is 23.5 Å². The maximum Gasteiger partial charge on any atom is 0.293 e. The van der Waals surface area contributed by atoms with Crippen molar-refractivity contribution in [1.82, 2.24) is 10.9 Å². The molecule has 2 amide bonds. The number of amides is 2. The lowest BCUT2D eigenvalue weighted by Crippen LogP contribution is -2.41. The number of nitrogens with one attached hydrogen (secondary N) is 2. The molecule has 2 aromatic rings. The van der Waals surface area contributed by atoms with Crippen LogP contribution in [0.4, 0.5) is 11.4 Å². The van der Waals surface area contributed by atoms with Crippen molar-refractivity contribution < 1.29 is 14.5 Å². The van der Waals surface area contributed by atoms with Crippen LogP contribution < -0.4 is 15.8 Å². The average molecular weight is 374 g/mol. The van der Waals surface area contributed by atoms with Crippen molar-refractivity contribution in [3.8, 4) is 0 Å². The van der Waals surface area contributed by atoms with E-state index >= 15 is 0 Å². The molecule has 1 aliphatic heterocycles. The van der Waals surface area contributed by atoms with Crippen LogP contribution in [0, 0.1) is 10.1 Å². The van der Waals surface area contributed by atoms with Crippen LogP contribution in [0.15, 0.2) is 35.7 Å². The van der Waals surface area contributed by atoms with Crippen LogP contribution in [-0.4, -0.2) is 29.8 Å². The molecule has 1 aromatic heterocycles. The van der Waals surface area contributed by atoms with Gasteiger partial charge in [0.2, 0.25) is 0 Å². The van der Waals surface area contributed by atoms with Crippen molar-refractivity contribution in [3.63, 3.8) is 0 Å². The fourth-order valence-corrected chi connectivity index (χ4v) is 3.49. The van der Waals surface area contributed by atoms with E-state index in [0.717, 1.165) is 32.4 Å². The molecule has 136 valence electrons. The molecule has 3 rings (SSSR count). The molecule has 1 fully saturated rings. The van der Waals surface area contributed by atoms with Gasteiger partial charge in [0.25, 0.3) is 17.5 Å². The van der Waals surface area contributed by atoms with Crippen molar-refractivity contribution in [2.75, 3.05) is 18.0 Å². The van der Waals surface area contributed by atoms with E-state index in [0.29, 0.717) is 10.6 Å². The smallest absolute Gasteiger partial charge is 0.293 e. The third kappa shape index (κ3) is 3.99. The first-order chi connectivity index (χ1) is 12.6. The first-order valence-electron chi connectivity index (χ1n) is 8.24. The van der Waals surface area contributed by atoms with Crippen molar-refractivity contribution in [1.29, 1.82) is 0 Å². The summed E-state index contributed by atoms with van der Waals surface area (Å²) in [5, 5.41) is 13.2. The van der Waals surface area contributed by atoms with Crippen molar-refractivity contribution >= 4 is 34.5 Å². The van der Waals surface area contributed by atoms with Gasteiger partial charge in [-0.15, -0.1) is 11.3 Å². The number of nitro groups is 1. The molecule has 0 unspecified atom stereocenters. The molecular formula is C17H18N4O4S. The highest BCUT2D eigenvalue weighted by Gasteiger charge is 2.23. The maximum absolute atomic E-state index is 12.2. The lowest BCUT2D eigenvalue weighted by atomic mass is 10.1. The number of piperidine rings is 1. The van der Waals surface area contributed by atoms with Gasteiger partial charge in [0, 0.05) is 24.7 Å². The lowest BCUT2D eigenvalue weighted by molar-refractivity contribution is -0.384. The van der Waals surface area contributed by atoms with Crippen LogP contribution in [0.3, 0.4) is 0 Å². The zero-order valence-electron chi connectivity index (χ0n) is 13.9. The molecule has 1 aliphatic rings. The van der Waals surface area contributed by atoms with Gasteiger partial charge >= 0.3 is 0 Å². The van der Waals surface area contributed by atoms with Gasteiger partial charge in [0.05, 0.1) is 9.80 Å². The Morgan fingerprint density at radius 1 is 1.08 bits per heavy atom. The van der Waals surface area contributed by atoms with Crippen molar-refractivity contribution in [3.05, 3.63) is 56.3 Å². The standard InChI is InChI=1S/C17H18N4O4S/c22-16(18-19-17(23)15-5-4-10-26-15)12-6-7-13(14(11-12)21(24)25)20-8-2-1-3-9-20/h4-7,10-11H,1-3,8-9H2,(H,18,22)(H,19,23). The fourth-order valence-electron chi connectivity index (χ4n) is 2.87. The second-order valence-corrected chi connectivity index (χ2v) is 6.84. The minimum absolute atomic E-state index is 0.107. The summed E-state index contributed by atoms with van der Waals surface area (Å²) >= 11 is 1.24. The summed E-state index contributed by atoms with van der Waals surface area (Å²) in [6.07, 6.45) is 3.11. The molecule has 0 bridgehead atoms. The minimum Gasteiger partial charge on any atom is -0.366 e. The molecule has 0 aliphatic carbocycles. The van der Waals surface area contributed by atoms with Crippen LogP contribution in [0.2, 0.25) is 0 Å². The number of carbonyl (C=O) groups excluding carboxylic acids is 2. The van der Waals surface area contributed by atoms with E-state index in [-0.39, 0.29) is 11.3 Å². The average Bonchev–Trinajstić information content (AvgIpc) is 3.21. The zero-order valence-corrected chi connectivity index (χ0v) is 14.8. The van der Waals surface area contributed by atoms with E-state index in [2.05, 4.69) is 10.9 Å². The van der Waals surface area contributed by atoms with E-state index in [9.17, 15) is 19.7 Å². The second kappa shape index (κ2) is 7.96. The Morgan fingerprint density at radius 2 is 1.81 bits per heavy atom. The topological polar surface area (TPSA) is 105 Å². The zero-order chi connectivity index (χ0) is 18.5. The van der Waals surface area contributed by atoms with Crippen LogP contribution in [0.5, 0.6) is 0 Å². The summed E-state index contributed by atoms with van der Waals surface area (Å²) in [4.78, 5) is 37.5. The molecule has 0 spiro atoms. The summed E-state index contributed by atoms with van der Waals surface area (Å²) < 4.78 is 0. The summed E-state index contributed by atoms with van der Waals surface area (Å²) in [5.74, 6) is -1.05. The van der Waals surface area contributed by atoms with E-state index in [4.69, 9.17) is 0 Å². The van der Waals surface area contributed by atoms with Gasteiger partial charge in [0.1, 0.15) is 5.69 Å². The Hall–Kier alpha value is -2.94. The fraction of sp³-hybridized carbons (Fsp3) is 0.294. The highest BCUT2D eigenvalue weighted by molar-refractivity contribution is 7.12. The number of nitro benzene ring substituents is 1. The third-order valence-electron chi connectivity index (χ3n) is 4.17. The van der Waals surface area contributed by atoms with Gasteiger partial charge < -0.3 is 4.90 Å². The molecule has 2 heterocycles. The number of hydrazine groups is 1. The summed E-state index contributed by atoms with van der Waals surface area (Å²) in [5.41, 5.74) is 5.12. The molecular weight excluding hydrogens is 356 g/mol. The quantitative estimate of drug-likeness (QED) is 0.632. The predicted octanol–water partition coefficient (Wildman–Crippen LogP) is 2.72. The molecule has 2 N–H and O–H groups in total. The maximum atomic E-state index is 12.2. The Labute approximate surface area is 153 Å². The van der Waals surface area contributed by atoms with E-state index in [1.54, 1.807) is 23.6 Å². The van der Waals surface area contributed by atoms with Crippen LogP contribution in [0.1, 0.15) is 39.3 Å². The van der Waals surface area contributed by atoms with Gasteiger partial charge in [-0.2, -0.15) is 0 Å². The van der Waals surface area contributed by atoms with Crippen LogP contribution in [-0.2, 0) is 0 Å². The first kappa shape index (κ1) is 17.9. The van der Waals surface area contributed by atoms with Crippen molar-refractivity contribution in [2.45, 2.75) is 19.3 Å². The number of carbonyl (C=O) groups is 2. The lowest BCUT2D eigenvalue weighted by Gasteiger charge is -2.28. The Balaban J connectivity index is 1.73. The molecule has 0 atom stereocenters. The highest BCUT2D eigenvalue weighted by atomic mass is 32.1. The number of hydrogen-bond acceptors (Lipinski definition) is 6. The molecule has 1 saturated heterocycles. The van der Waals surface area contributed by atoms with E-state index < -0.39 is 16.7 Å². The van der Waals surface area contributed by atoms with E-state index in [1.807, 2.05) is 4.90 Å². The van der Waals surface area contributed by atoms with Gasteiger partial charge in [-0.05, 0) is 42.8 Å². The summed E-state index contributed by atoms with van der Waals surface area (Å²) in [7, 11) is 0. The van der Waals surface area contributed by atoms with Crippen LogP contribution >= 0.6 is 11.3 Å². The third-order valence-corrected chi connectivity index (χ3v) is 5.03. The Morgan fingerprint density at radius 3 is 2.46 bits per heavy atom. The van der Waals surface area contributed by atoms with Gasteiger partial charge in [0.15, 0.2) is 0 Å². The largest absolute Gasteiger partial charge is 0.366 e. The molecule has 1 aromatic carbocycles. The monoisotopic (exact) mass is 374 g/mol. The number of anilines is 1. The predicted molar refractivity (Wildman–Crippen MR) is 98.4 cm³/mol. The number of hydrogen-bond donors (Lipinski definition) is 2. The SMILES string of the molecule is O=C(NNC(=O)c1cccs1)c1ccc(N2CCCCC2)c([N+](=O)[O-])c1. The molecule has 26 heavy (non-hydrogen) atoms. The Bertz CT molecular complexity index is 816. The molecule has 0 radical (unpaired) electrons. The second-order valence-electron chi connectivity index (χ2n) is 5.89.